The molecule has 0 atom stereocenters. The van der Waals surface area contributed by atoms with Crippen molar-refractivity contribution in [3.8, 4) is 11.8 Å². The Balaban J connectivity index is 2.24. The number of rotatable bonds is 1. The van der Waals surface area contributed by atoms with E-state index in [0.29, 0.717) is 0 Å². The zero-order valence-electron chi connectivity index (χ0n) is 7.42. The van der Waals surface area contributed by atoms with E-state index in [2.05, 4.69) is 17.9 Å². The summed E-state index contributed by atoms with van der Waals surface area (Å²) in [5, 5.41) is 8.40. The molecule has 0 aromatic heterocycles. The standard InChI is InChI=1S/C11H16O/c12-10-6-2-5-9-11-7-3-1-4-8-11/h5,9,11-12H,1,3-4,7-8,10H2/b9-5+. The highest BCUT2D eigenvalue weighted by Crippen LogP contribution is 2.24. The highest BCUT2D eigenvalue weighted by Gasteiger charge is 2.08. The van der Waals surface area contributed by atoms with E-state index in [1.54, 1.807) is 0 Å². The molecule has 0 bridgehead atoms. The second kappa shape index (κ2) is 5.85. The first-order valence-corrected chi connectivity index (χ1v) is 4.69. The Kier molecular flexibility index (Phi) is 4.56. The third-order valence-electron chi connectivity index (χ3n) is 2.28. The van der Waals surface area contributed by atoms with Crippen molar-refractivity contribution in [2.45, 2.75) is 32.1 Å². The normalized spacial score (nSPS) is 19.1. The average Bonchev–Trinajstić information content (AvgIpc) is 2.14. The quantitative estimate of drug-likeness (QED) is 0.588. The van der Waals surface area contributed by atoms with E-state index in [-0.39, 0.29) is 6.61 Å². The van der Waals surface area contributed by atoms with Gasteiger partial charge in [-0.3, -0.25) is 0 Å². The van der Waals surface area contributed by atoms with Gasteiger partial charge in [0.15, 0.2) is 0 Å². The van der Waals surface area contributed by atoms with Crippen LogP contribution in [0.1, 0.15) is 32.1 Å². The molecule has 0 amide bonds. The summed E-state index contributed by atoms with van der Waals surface area (Å²) in [7, 11) is 0. The fraction of sp³-hybridized carbons (Fsp3) is 0.636. The lowest BCUT2D eigenvalue weighted by atomic mass is 9.89. The van der Waals surface area contributed by atoms with Crippen molar-refractivity contribution in [2.24, 2.45) is 5.92 Å². The first-order valence-electron chi connectivity index (χ1n) is 4.69. The maximum Gasteiger partial charge on any atom is 0.104 e. The minimum atomic E-state index is -0.0327. The molecule has 1 rings (SSSR count). The highest BCUT2D eigenvalue weighted by molar-refractivity contribution is 5.16. The van der Waals surface area contributed by atoms with Gasteiger partial charge in [0, 0.05) is 0 Å². The summed E-state index contributed by atoms with van der Waals surface area (Å²) in [6, 6.07) is 0. The number of allylic oxidation sites excluding steroid dienone is 2. The molecule has 0 aromatic carbocycles. The van der Waals surface area contributed by atoms with Gasteiger partial charge in [-0.2, -0.15) is 0 Å². The summed E-state index contributed by atoms with van der Waals surface area (Å²) in [5.74, 6) is 6.15. The van der Waals surface area contributed by atoms with Gasteiger partial charge in [0.1, 0.15) is 6.61 Å². The lowest BCUT2D eigenvalue weighted by molar-refractivity contribution is 0.350. The van der Waals surface area contributed by atoms with Crippen LogP contribution in [-0.2, 0) is 0 Å². The predicted molar refractivity (Wildman–Crippen MR) is 50.6 cm³/mol. The molecule has 0 unspecified atom stereocenters. The minimum Gasteiger partial charge on any atom is -0.384 e. The summed E-state index contributed by atoms with van der Waals surface area (Å²) in [5.41, 5.74) is 0. The van der Waals surface area contributed by atoms with Crippen molar-refractivity contribution >= 4 is 0 Å². The molecule has 0 saturated heterocycles. The fourth-order valence-electron chi connectivity index (χ4n) is 1.62. The van der Waals surface area contributed by atoms with Gasteiger partial charge >= 0.3 is 0 Å². The molecule has 1 aliphatic rings. The topological polar surface area (TPSA) is 20.2 Å². The summed E-state index contributed by atoms with van der Waals surface area (Å²) >= 11 is 0. The molecule has 66 valence electrons. The second-order valence-corrected chi connectivity index (χ2v) is 3.24. The Morgan fingerprint density at radius 2 is 2.00 bits per heavy atom. The van der Waals surface area contributed by atoms with Crippen LogP contribution < -0.4 is 0 Å². The van der Waals surface area contributed by atoms with E-state index >= 15 is 0 Å². The molecular formula is C11H16O. The van der Waals surface area contributed by atoms with E-state index in [4.69, 9.17) is 5.11 Å². The van der Waals surface area contributed by atoms with Crippen molar-refractivity contribution < 1.29 is 5.11 Å². The summed E-state index contributed by atoms with van der Waals surface area (Å²) in [6.07, 6.45) is 10.8. The summed E-state index contributed by atoms with van der Waals surface area (Å²) in [6.45, 7) is -0.0327. The van der Waals surface area contributed by atoms with Crippen LogP contribution in [0.3, 0.4) is 0 Å². The smallest absolute Gasteiger partial charge is 0.104 e. The molecule has 0 aromatic rings. The van der Waals surface area contributed by atoms with E-state index in [1.165, 1.54) is 32.1 Å². The maximum absolute atomic E-state index is 8.40. The molecule has 1 fully saturated rings. The molecule has 0 aliphatic heterocycles. The molecule has 1 saturated carbocycles. The summed E-state index contributed by atoms with van der Waals surface area (Å²) in [4.78, 5) is 0. The van der Waals surface area contributed by atoms with Gasteiger partial charge in [-0.1, -0.05) is 37.2 Å². The molecule has 0 heterocycles. The van der Waals surface area contributed by atoms with Crippen LogP contribution in [0.5, 0.6) is 0 Å². The van der Waals surface area contributed by atoms with Crippen molar-refractivity contribution in [3.63, 3.8) is 0 Å². The van der Waals surface area contributed by atoms with Crippen LogP contribution in [0, 0.1) is 17.8 Å². The van der Waals surface area contributed by atoms with E-state index < -0.39 is 0 Å². The third-order valence-corrected chi connectivity index (χ3v) is 2.28. The lowest BCUT2D eigenvalue weighted by Gasteiger charge is -2.17. The van der Waals surface area contributed by atoms with Crippen LogP contribution in [0.15, 0.2) is 12.2 Å². The van der Waals surface area contributed by atoms with Gasteiger partial charge in [-0.05, 0) is 24.8 Å². The Morgan fingerprint density at radius 3 is 2.67 bits per heavy atom. The zero-order valence-corrected chi connectivity index (χ0v) is 7.42. The van der Waals surface area contributed by atoms with Gasteiger partial charge in [0.25, 0.3) is 0 Å². The van der Waals surface area contributed by atoms with Crippen molar-refractivity contribution in [3.05, 3.63) is 12.2 Å². The lowest BCUT2D eigenvalue weighted by Crippen LogP contribution is -2.02. The Morgan fingerprint density at radius 1 is 1.25 bits per heavy atom. The van der Waals surface area contributed by atoms with Gasteiger partial charge < -0.3 is 5.11 Å². The van der Waals surface area contributed by atoms with Crippen LogP contribution in [-0.4, -0.2) is 11.7 Å². The largest absolute Gasteiger partial charge is 0.384 e. The van der Waals surface area contributed by atoms with Gasteiger partial charge in [-0.15, -0.1) is 0 Å². The Bertz CT molecular complexity index is 189. The summed E-state index contributed by atoms with van der Waals surface area (Å²) < 4.78 is 0. The van der Waals surface area contributed by atoms with Gasteiger partial charge in [0.05, 0.1) is 0 Å². The monoisotopic (exact) mass is 164 g/mol. The highest BCUT2D eigenvalue weighted by atomic mass is 16.2. The first kappa shape index (κ1) is 9.35. The Labute approximate surface area is 74.5 Å². The molecule has 1 aliphatic carbocycles. The van der Waals surface area contributed by atoms with Crippen LogP contribution in [0.4, 0.5) is 0 Å². The first-order chi connectivity index (χ1) is 5.93. The number of hydrogen-bond acceptors (Lipinski definition) is 1. The fourth-order valence-corrected chi connectivity index (χ4v) is 1.62. The molecular weight excluding hydrogens is 148 g/mol. The van der Waals surface area contributed by atoms with Crippen LogP contribution in [0.2, 0.25) is 0 Å². The van der Waals surface area contributed by atoms with Gasteiger partial charge in [0.2, 0.25) is 0 Å². The van der Waals surface area contributed by atoms with Gasteiger partial charge in [-0.25, -0.2) is 0 Å². The van der Waals surface area contributed by atoms with Crippen LogP contribution >= 0.6 is 0 Å². The van der Waals surface area contributed by atoms with Crippen LogP contribution in [0.25, 0.3) is 0 Å². The molecule has 1 N–H and O–H groups in total. The molecule has 0 radical (unpaired) electrons. The number of aliphatic hydroxyl groups is 1. The molecule has 1 heteroatoms. The zero-order chi connectivity index (χ0) is 8.65. The third kappa shape index (κ3) is 3.59. The molecule has 1 nitrogen and oxygen atoms in total. The Hall–Kier alpha value is -0.740. The van der Waals surface area contributed by atoms with E-state index in [0.717, 1.165) is 5.92 Å². The average molecular weight is 164 g/mol. The maximum atomic E-state index is 8.40. The second-order valence-electron chi connectivity index (χ2n) is 3.24. The SMILES string of the molecule is OCC#C/C=C/C1CCCCC1. The van der Waals surface area contributed by atoms with Crippen molar-refractivity contribution in [1.82, 2.24) is 0 Å². The predicted octanol–water partition coefficient (Wildman–Crippen LogP) is 2.12. The van der Waals surface area contributed by atoms with E-state index in [9.17, 15) is 0 Å². The van der Waals surface area contributed by atoms with E-state index in [1.807, 2.05) is 6.08 Å². The number of hydrogen-bond donors (Lipinski definition) is 1. The minimum absolute atomic E-state index is 0.0327. The molecule has 12 heavy (non-hydrogen) atoms. The molecule has 0 spiro atoms. The number of aliphatic hydroxyl groups excluding tert-OH is 1. The van der Waals surface area contributed by atoms with Crippen molar-refractivity contribution in [2.75, 3.05) is 6.61 Å². The van der Waals surface area contributed by atoms with Crippen molar-refractivity contribution in [1.29, 1.82) is 0 Å².